The summed E-state index contributed by atoms with van der Waals surface area (Å²) in [4.78, 5) is 12.1. The zero-order valence-corrected chi connectivity index (χ0v) is 14.5. The van der Waals surface area contributed by atoms with E-state index in [0.717, 1.165) is 11.0 Å². The molecular formula is C16H22N4O2S. The molecule has 0 aliphatic rings. The first-order valence-electron chi connectivity index (χ1n) is 7.49. The van der Waals surface area contributed by atoms with Crippen LogP contribution in [0.3, 0.4) is 0 Å². The summed E-state index contributed by atoms with van der Waals surface area (Å²) >= 11 is 1.41. The number of thioether (sulfide) groups is 1. The van der Waals surface area contributed by atoms with E-state index >= 15 is 0 Å². The summed E-state index contributed by atoms with van der Waals surface area (Å²) in [5.41, 5.74) is 1.18. The van der Waals surface area contributed by atoms with Crippen LogP contribution in [0, 0.1) is 6.92 Å². The Morgan fingerprint density at radius 3 is 2.78 bits per heavy atom. The highest BCUT2D eigenvalue weighted by Crippen LogP contribution is 2.23. The molecule has 0 unspecified atom stereocenters. The number of rotatable bonds is 8. The van der Waals surface area contributed by atoms with Crippen LogP contribution in [0.2, 0.25) is 0 Å². The van der Waals surface area contributed by atoms with Gasteiger partial charge in [0.15, 0.2) is 5.16 Å². The van der Waals surface area contributed by atoms with E-state index in [-0.39, 0.29) is 11.2 Å². The molecule has 2 rings (SSSR count). The van der Waals surface area contributed by atoms with Crippen LogP contribution in [0.4, 0.5) is 0 Å². The smallest absolute Gasteiger partial charge is 0.233 e. The molecule has 1 aromatic heterocycles. The number of amides is 1. The third-order valence-corrected chi connectivity index (χ3v) is 4.42. The van der Waals surface area contributed by atoms with E-state index in [1.165, 1.54) is 17.3 Å². The molecule has 1 aromatic carbocycles. The normalized spacial score (nSPS) is 12.1. The lowest BCUT2D eigenvalue weighted by atomic mass is 10.2. The monoisotopic (exact) mass is 334 g/mol. The molecule has 23 heavy (non-hydrogen) atoms. The molecule has 1 heterocycles. The second-order valence-electron chi connectivity index (χ2n) is 5.15. The van der Waals surface area contributed by atoms with E-state index in [1.807, 2.05) is 36.6 Å². The van der Waals surface area contributed by atoms with Gasteiger partial charge in [-0.1, -0.05) is 42.1 Å². The molecule has 2 aromatic rings. The minimum atomic E-state index is -0.245. The molecular weight excluding hydrogens is 312 g/mol. The van der Waals surface area contributed by atoms with Gasteiger partial charge in [0, 0.05) is 13.7 Å². The van der Waals surface area contributed by atoms with Gasteiger partial charge in [-0.15, -0.1) is 10.2 Å². The predicted octanol–water partition coefficient (Wildman–Crippen LogP) is 1.88. The quantitative estimate of drug-likeness (QED) is 0.590. The Hall–Kier alpha value is -1.86. The average Bonchev–Trinajstić information content (AvgIpc) is 2.89. The fourth-order valence-corrected chi connectivity index (χ4v) is 2.95. The summed E-state index contributed by atoms with van der Waals surface area (Å²) in [6.45, 7) is 5.50. The summed E-state index contributed by atoms with van der Waals surface area (Å²) in [5.74, 6) is 0.808. The van der Waals surface area contributed by atoms with Gasteiger partial charge in [0.2, 0.25) is 5.91 Å². The number of nitrogens with zero attached hydrogens (tertiary/aromatic N) is 3. The van der Waals surface area contributed by atoms with E-state index in [4.69, 9.17) is 4.74 Å². The van der Waals surface area contributed by atoms with Crippen LogP contribution < -0.4 is 5.32 Å². The van der Waals surface area contributed by atoms with E-state index in [2.05, 4.69) is 27.6 Å². The molecule has 0 spiro atoms. The Bertz CT molecular complexity index is 630. The number of aryl methyl sites for hydroxylation is 1. The molecule has 0 aliphatic carbocycles. The topological polar surface area (TPSA) is 69.0 Å². The number of benzene rings is 1. The van der Waals surface area contributed by atoms with E-state index < -0.39 is 0 Å². The Kier molecular flexibility index (Phi) is 6.61. The first kappa shape index (κ1) is 17.5. The van der Waals surface area contributed by atoms with Gasteiger partial charge in [0.05, 0.1) is 18.4 Å². The molecule has 0 saturated carbocycles. The summed E-state index contributed by atoms with van der Waals surface area (Å²) in [7, 11) is 1.61. The number of aromatic nitrogens is 3. The van der Waals surface area contributed by atoms with Crippen molar-refractivity contribution >= 4 is 17.7 Å². The molecule has 0 aliphatic heterocycles. The summed E-state index contributed by atoms with van der Waals surface area (Å²) in [6, 6.07) is 10.1. The first-order valence-corrected chi connectivity index (χ1v) is 8.36. The van der Waals surface area contributed by atoms with Crippen molar-refractivity contribution in [1.82, 2.24) is 20.1 Å². The molecule has 1 amide bonds. The zero-order chi connectivity index (χ0) is 16.7. The molecule has 0 saturated heterocycles. The Morgan fingerprint density at radius 2 is 2.09 bits per heavy atom. The summed E-state index contributed by atoms with van der Waals surface area (Å²) in [6.07, 6.45) is 0. The van der Waals surface area contributed by atoms with Crippen LogP contribution in [0.1, 0.15) is 18.3 Å². The van der Waals surface area contributed by atoms with Crippen molar-refractivity contribution in [2.75, 3.05) is 20.3 Å². The van der Waals surface area contributed by atoms with Crippen molar-refractivity contribution in [3.8, 4) is 0 Å². The SMILES string of the molecule is COCCNC(=O)[C@H](C)Sc1nnc(C)n1Cc1ccccc1. The van der Waals surface area contributed by atoms with Crippen LogP contribution >= 0.6 is 11.8 Å². The van der Waals surface area contributed by atoms with Gasteiger partial charge < -0.3 is 14.6 Å². The van der Waals surface area contributed by atoms with E-state index in [9.17, 15) is 4.79 Å². The fraction of sp³-hybridized carbons (Fsp3) is 0.438. The number of carbonyl (C=O) groups is 1. The molecule has 7 heteroatoms. The van der Waals surface area contributed by atoms with Gasteiger partial charge in [0.25, 0.3) is 0 Å². The minimum absolute atomic E-state index is 0.0287. The maximum absolute atomic E-state index is 12.1. The standard InChI is InChI=1S/C16H22N4O2S/c1-12(15(21)17-9-10-22-3)23-16-19-18-13(2)20(16)11-14-7-5-4-6-8-14/h4-8,12H,9-11H2,1-3H3,(H,17,21)/t12-/m0/s1. The van der Waals surface area contributed by atoms with Gasteiger partial charge in [-0.25, -0.2) is 0 Å². The largest absolute Gasteiger partial charge is 0.383 e. The highest BCUT2D eigenvalue weighted by molar-refractivity contribution is 8.00. The second-order valence-corrected chi connectivity index (χ2v) is 6.45. The highest BCUT2D eigenvalue weighted by Gasteiger charge is 2.18. The number of methoxy groups -OCH3 is 1. The number of hydrogen-bond donors (Lipinski definition) is 1. The second kappa shape index (κ2) is 8.69. The van der Waals surface area contributed by atoms with Crippen LogP contribution in [0.5, 0.6) is 0 Å². The molecule has 0 bridgehead atoms. The molecule has 0 radical (unpaired) electrons. The Morgan fingerprint density at radius 1 is 1.35 bits per heavy atom. The van der Waals surface area contributed by atoms with Gasteiger partial charge in [-0.3, -0.25) is 4.79 Å². The Balaban J connectivity index is 2.01. The lowest BCUT2D eigenvalue weighted by molar-refractivity contribution is -0.120. The maximum Gasteiger partial charge on any atom is 0.233 e. The zero-order valence-electron chi connectivity index (χ0n) is 13.7. The van der Waals surface area contributed by atoms with Crippen molar-refractivity contribution in [3.63, 3.8) is 0 Å². The van der Waals surface area contributed by atoms with Crippen LogP contribution in [0.15, 0.2) is 35.5 Å². The van der Waals surface area contributed by atoms with Crippen molar-refractivity contribution in [1.29, 1.82) is 0 Å². The highest BCUT2D eigenvalue weighted by atomic mass is 32.2. The number of carbonyl (C=O) groups excluding carboxylic acids is 1. The van der Waals surface area contributed by atoms with Crippen molar-refractivity contribution in [2.24, 2.45) is 0 Å². The summed E-state index contributed by atoms with van der Waals surface area (Å²) < 4.78 is 6.96. The minimum Gasteiger partial charge on any atom is -0.383 e. The average molecular weight is 334 g/mol. The molecule has 0 fully saturated rings. The lowest BCUT2D eigenvalue weighted by Crippen LogP contribution is -2.33. The number of hydrogen-bond acceptors (Lipinski definition) is 5. The fourth-order valence-electron chi connectivity index (χ4n) is 2.03. The predicted molar refractivity (Wildman–Crippen MR) is 90.5 cm³/mol. The molecule has 1 atom stereocenters. The third-order valence-electron chi connectivity index (χ3n) is 3.34. The van der Waals surface area contributed by atoms with Crippen molar-refractivity contribution in [3.05, 3.63) is 41.7 Å². The number of ether oxygens (including phenoxy) is 1. The third kappa shape index (κ3) is 5.07. The van der Waals surface area contributed by atoms with Crippen molar-refractivity contribution in [2.45, 2.75) is 30.8 Å². The molecule has 124 valence electrons. The van der Waals surface area contributed by atoms with Gasteiger partial charge in [-0.2, -0.15) is 0 Å². The van der Waals surface area contributed by atoms with Crippen molar-refractivity contribution < 1.29 is 9.53 Å². The van der Waals surface area contributed by atoms with Gasteiger partial charge >= 0.3 is 0 Å². The molecule has 6 nitrogen and oxygen atoms in total. The van der Waals surface area contributed by atoms with E-state index in [1.54, 1.807) is 7.11 Å². The van der Waals surface area contributed by atoms with Gasteiger partial charge in [-0.05, 0) is 19.4 Å². The van der Waals surface area contributed by atoms with Crippen LogP contribution in [-0.2, 0) is 16.1 Å². The maximum atomic E-state index is 12.1. The molecule has 1 N–H and O–H groups in total. The van der Waals surface area contributed by atoms with Crippen LogP contribution in [0.25, 0.3) is 0 Å². The first-order chi connectivity index (χ1) is 11.1. The van der Waals surface area contributed by atoms with E-state index in [0.29, 0.717) is 19.7 Å². The van der Waals surface area contributed by atoms with Crippen LogP contribution in [-0.4, -0.2) is 46.2 Å². The van der Waals surface area contributed by atoms with Gasteiger partial charge in [0.1, 0.15) is 5.82 Å². The Labute approximate surface area is 140 Å². The number of nitrogens with one attached hydrogen (secondary N) is 1. The summed E-state index contributed by atoms with van der Waals surface area (Å²) in [5, 5.41) is 11.7. The lowest BCUT2D eigenvalue weighted by Gasteiger charge is -2.13.